The van der Waals surface area contributed by atoms with E-state index < -0.39 is 0 Å². The number of anilines is 1. The molecular weight excluding hydrogens is 470 g/mol. The molecule has 182 valence electrons. The van der Waals surface area contributed by atoms with Crippen molar-refractivity contribution in [3.05, 3.63) is 67.4 Å². The van der Waals surface area contributed by atoms with E-state index in [2.05, 4.69) is 35.5 Å². The molecule has 6 aromatic heterocycles. The maximum Gasteiger partial charge on any atom is 0.321 e. The van der Waals surface area contributed by atoms with Gasteiger partial charge in [0.15, 0.2) is 17.1 Å². The molecule has 37 heavy (non-hydrogen) atoms. The average molecular weight is 492 g/mol. The molecule has 0 unspecified atom stereocenters. The van der Waals surface area contributed by atoms with E-state index in [1.165, 1.54) is 9.58 Å². The zero-order valence-corrected chi connectivity index (χ0v) is 19.9. The number of hydrogen-bond acceptors (Lipinski definition) is 8. The van der Waals surface area contributed by atoms with Gasteiger partial charge in [0.05, 0.1) is 23.0 Å². The second-order valence-corrected chi connectivity index (χ2v) is 8.53. The molecule has 2 amide bonds. The fourth-order valence-corrected chi connectivity index (χ4v) is 4.02. The molecule has 0 aliphatic heterocycles. The minimum absolute atomic E-state index is 0.245. The molecule has 0 saturated carbocycles. The third-order valence-corrected chi connectivity index (χ3v) is 5.88. The van der Waals surface area contributed by atoms with Gasteiger partial charge in [-0.3, -0.25) is 15.1 Å². The van der Waals surface area contributed by atoms with Crippen LogP contribution in [0.1, 0.15) is 0 Å². The minimum atomic E-state index is -0.245. The molecule has 0 atom stereocenters. The molecule has 0 fully saturated rings. The molecule has 0 aromatic carbocycles. The van der Waals surface area contributed by atoms with Gasteiger partial charge in [0.2, 0.25) is 0 Å². The minimum Gasteiger partial charge on any atom is -0.336 e. The number of hydrogen-bond donors (Lipinski definition) is 3. The van der Waals surface area contributed by atoms with Crippen molar-refractivity contribution in [2.75, 3.05) is 25.3 Å². The summed E-state index contributed by atoms with van der Waals surface area (Å²) in [6.07, 6.45) is 8.40. The predicted molar refractivity (Wildman–Crippen MR) is 140 cm³/mol. The Labute approximate surface area is 210 Å². The summed E-state index contributed by atoms with van der Waals surface area (Å²) in [5.74, 6) is 6.91. The second kappa shape index (κ2) is 8.68. The Bertz CT molecular complexity index is 1770. The highest BCUT2D eigenvalue weighted by Gasteiger charge is 2.20. The van der Waals surface area contributed by atoms with Crippen LogP contribution in [-0.4, -0.2) is 64.8 Å². The van der Waals surface area contributed by atoms with Crippen molar-refractivity contribution >= 4 is 33.9 Å². The smallest absolute Gasteiger partial charge is 0.321 e. The highest BCUT2D eigenvalue weighted by atomic mass is 16.2. The topological polar surface area (TPSA) is 156 Å². The monoisotopic (exact) mass is 491 g/mol. The number of fused-ring (bicyclic) bond motifs is 2. The Morgan fingerprint density at radius 2 is 1.89 bits per heavy atom. The van der Waals surface area contributed by atoms with Crippen LogP contribution in [0, 0.1) is 0 Å². The SMILES string of the molecule is CN(C)C(=O)Nc1cncc(-c2cnc3n[nH]c(-c4nc5c(-c6ccccn6)ccnc5n4N)c3c2)c1. The quantitative estimate of drug-likeness (QED) is 0.317. The summed E-state index contributed by atoms with van der Waals surface area (Å²) in [5, 5.41) is 10.9. The molecular formula is C25H21N11O. The van der Waals surface area contributed by atoms with Crippen molar-refractivity contribution in [2.24, 2.45) is 0 Å². The van der Waals surface area contributed by atoms with Crippen LogP contribution in [0.3, 0.4) is 0 Å². The standard InChI is InChI=1S/C25H21N11O/c1-35(2)25(37)31-16-9-14(11-27-13-16)15-10-18-21(33-34-22(18)30-12-15)24-32-20-17(19-5-3-4-7-28-19)6-8-29-23(20)36(24)26/h3-13H,26H2,1-2H3,(H,31,37)(H,30,33,34). The number of carbonyl (C=O) groups is 1. The first-order valence-electron chi connectivity index (χ1n) is 11.3. The van der Waals surface area contributed by atoms with Crippen molar-refractivity contribution in [3.63, 3.8) is 0 Å². The molecule has 6 rings (SSSR count). The zero-order chi connectivity index (χ0) is 25.5. The van der Waals surface area contributed by atoms with Gasteiger partial charge in [-0.2, -0.15) is 5.10 Å². The van der Waals surface area contributed by atoms with Gasteiger partial charge in [0, 0.05) is 55.6 Å². The molecule has 4 N–H and O–H groups in total. The number of aromatic amines is 1. The number of urea groups is 1. The third kappa shape index (κ3) is 3.86. The van der Waals surface area contributed by atoms with E-state index in [1.807, 2.05) is 36.4 Å². The van der Waals surface area contributed by atoms with Crippen LogP contribution in [0.25, 0.3) is 56.1 Å². The molecule has 0 radical (unpaired) electrons. The molecule has 0 spiro atoms. The first-order valence-corrected chi connectivity index (χ1v) is 11.3. The van der Waals surface area contributed by atoms with Crippen LogP contribution < -0.4 is 11.2 Å². The number of H-pyrrole nitrogens is 1. The van der Waals surface area contributed by atoms with Crippen molar-refractivity contribution in [2.45, 2.75) is 0 Å². The summed E-state index contributed by atoms with van der Waals surface area (Å²) < 4.78 is 1.43. The van der Waals surface area contributed by atoms with E-state index in [1.54, 1.807) is 45.1 Å². The van der Waals surface area contributed by atoms with Crippen LogP contribution in [0.4, 0.5) is 10.5 Å². The third-order valence-electron chi connectivity index (χ3n) is 5.88. The highest BCUT2D eigenvalue weighted by molar-refractivity contribution is 5.96. The van der Waals surface area contributed by atoms with Crippen molar-refractivity contribution < 1.29 is 4.79 Å². The largest absolute Gasteiger partial charge is 0.336 e. The van der Waals surface area contributed by atoms with Crippen LogP contribution in [-0.2, 0) is 0 Å². The van der Waals surface area contributed by atoms with Gasteiger partial charge in [0.25, 0.3) is 0 Å². The number of amides is 2. The molecule has 0 bridgehead atoms. The lowest BCUT2D eigenvalue weighted by atomic mass is 10.1. The molecule has 6 aromatic rings. The highest BCUT2D eigenvalue weighted by Crippen LogP contribution is 2.32. The number of aromatic nitrogens is 8. The molecule has 12 nitrogen and oxygen atoms in total. The Morgan fingerprint density at radius 1 is 1.03 bits per heavy atom. The van der Waals surface area contributed by atoms with Gasteiger partial charge in [-0.25, -0.2) is 24.4 Å². The van der Waals surface area contributed by atoms with Crippen molar-refractivity contribution in [1.29, 1.82) is 0 Å². The summed E-state index contributed by atoms with van der Waals surface area (Å²) in [6, 6.07) is 11.1. The Balaban J connectivity index is 1.45. The van der Waals surface area contributed by atoms with Gasteiger partial charge in [-0.15, -0.1) is 0 Å². The average Bonchev–Trinajstić information content (AvgIpc) is 3.49. The van der Waals surface area contributed by atoms with Crippen molar-refractivity contribution in [3.8, 4) is 33.9 Å². The fraction of sp³-hybridized carbons (Fsp3) is 0.0800. The van der Waals surface area contributed by atoms with Crippen molar-refractivity contribution in [1.82, 2.24) is 44.7 Å². The lowest BCUT2D eigenvalue weighted by Gasteiger charge is -2.12. The van der Waals surface area contributed by atoms with Crippen LogP contribution in [0.15, 0.2) is 67.4 Å². The van der Waals surface area contributed by atoms with E-state index in [0.29, 0.717) is 34.0 Å². The zero-order valence-electron chi connectivity index (χ0n) is 19.9. The van der Waals surface area contributed by atoms with Gasteiger partial charge in [-0.05, 0) is 30.3 Å². The van der Waals surface area contributed by atoms with Gasteiger partial charge < -0.3 is 16.1 Å². The number of imidazole rings is 1. The first-order chi connectivity index (χ1) is 18.0. The first kappa shape index (κ1) is 22.1. The van der Waals surface area contributed by atoms with Gasteiger partial charge in [-0.1, -0.05) is 6.07 Å². The Hall–Kier alpha value is -5.39. The summed E-state index contributed by atoms with van der Waals surface area (Å²) in [5.41, 5.74) is 5.97. The normalized spacial score (nSPS) is 11.2. The van der Waals surface area contributed by atoms with Crippen LogP contribution in [0.5, 0.6) is 0 Å². The maximum absolute atomic E-state index is 12.1. The van der Waals surface area contributed by atoms with E-state index in [4.69, 9.17) is 10.8 Å². The number of pyridine rings is 4. The van der Waals surface area contributed by atoms with Crippen LogP contribution >= 0.6 is 0 Å². The number of rotatable bonds is 4. The van der Waals surface area contributed by atoms with Gasteiger partial charge >= 0.3 is 6.03 Å². The number of nitrogen functional groups attached to an aromatic ring is 1. The maximum atomic E-state index is 12.1. The molecule has 12 heteroatoms. The second-order valence-electron chi connectivity index (χ2n) is 8.53. The van der Waals surface area contributed by atoms with E-state index in [0.717, 1.165) is 27.8 Å². The van der Waals surface area contributed by atoms with Crippen LogP contribution in [0.2, 0.25) is 0 Å². The number of carbonyl (C=O) groups excluding carboxylic acids is 1. The summed E-state index contributed by atoms with van der Waals surface area (Å²) in [4.78, 5) is 36.0. The number of nitrogens with zero attached hydrogens (tertiary/aromatic N) is 8. The van der Waals surface area contributed by atoms with E-state index in [-0.39, 0.29) is 6.03 Å². The Morgan fingerprint density at radius 3 is 2.70 bits per heavy atom. The summed E-state index contributed by atoms with van der Waals surface area (Å²) in [6.45, 7) is 0. The van der Waals surface area contributed by atoms with Gasteiger partial charge in [0.1, 0.15) is 11.2 Å². The Kier molecular flexibility index (Phi) is 5.18. The molecule has 0 aliphatic carbocycles. The lowest BCUT2D eigenvalue weighted by molar-refractivity contribution is 0.230. The fourth-order valence-electron chi connectivity index (χ4n) is 4.02. The van der Waals surface area contributed by atoms with E-state index >= 15 is 0 Å². The molecule has 0 saturated heterocycles. The summed E-state index contributed by atoms with van der Waals surface area (Å²) >= 11 is 0. The van der Waals surface area contributed by atoms with E-state index in [9.17, 15) is 4.79 Å². The lowest BCUT2D eigenvalue weighted by Crippen LogP contribution is -2.27. The summed E-state index contributed by atoms with van der Waals surface area (Å²) in [7, 11) is 3.34. The predicted octanol–water partition coefficient (Wildman–Crippen LogP) is 3.30. The number of nitrogens with two attached hydrogens (primary N) is 1. The number of nitrogens with one attached hydrogen (secondary N) is 2. The molecule has 6 heterocycles. The molecule has 0 aliphatic rings.